The number of aromatic amines is 1. The Bertz CT molecular complexity index is 431. The predicted octanol–water partition coefficient (Wildman–Crippen LogP) is 2.66. The van der Waals surface area contributed by atoms with E-state index in [2.05, 4.69) is 4.98 Å². The van der Waals surface area contributed by atoms with Gasteiger partial charge in [0.05, 0.1) is 11.8 Å². The fourth-order valence-corrected chi connectivity index (χ4v) is 1.50. The van der Waals surface area contributed by atoms with Gasteiger partial charge in [-0.25, -0.2) is 0 Å². The second-order valence-corrected chi connectivity index (χ2v) is 3.32. The zero-order chi connectivity index (χ0) is 9.97. The van der Waals surface area contributed by atoms with E-state index < -0.39 is 0 Å². The van der Waals surface area contributed by atoms with Gasteiger partial charge in [-0.2, -0.15) is 0 Å². The molecule has 0 fully saturated rings. The summed E-state index contributed by atoms with van der Waals surface area (Å²) >= 11 is 5.77. The van der Waals surface area contributed by atoms with E-state index in [1.54, 1.807) is 12.3 Å². The summed E-state index contributed by atoms with van der Waals surface area (Å²) in [5, 5.41) is 0.376. The molecule has 0 aliphatic carbocycles. The first kappa shape index (κ1) is 9.09. The van der Waals surface area contributed by atoms with Crippen LogP contribution in [0.25, 0.3) is 0 Å². The molecule has 0 aliphatic heterocycles. The van der Waals surface area contributed by atoms with E-state index in [0.29, 0.717) is 17.1 Å². The van der Waals surface area contributed by atoms with Crippen molar-refractivity contribution in [1.29, 1.82) is 0 Å². The molecule has 0 bridgehead atoms. The number of furan rings is 1. The number of nitrogens with one attached hydrogen (secondary N) is 1. The number of rotatable bonds is 3. The molecule has 1 N–H and O–H groups in total. The molecule has 0 atom stereocenters. The molecule has 0 amide bonds. The molecule has 4 heteroatoms. The van der Waals surface area contributed by atoms with Crippen molar-refractivity contribution in [3.63, 3.8) is 0 Å². The molecule has 0 aromatic carbocycles. The van der Waals surface area contributed by atoms with Crippen LogP contribution >= 0.6 is 11.6 Å². The van der Waals surface area contributed by atoms with Crippen LogP contribution in [0.3, 0.4) is 0 Å². The van der Waals surface area contributed by atoms with Crippen LogP contribution in [0.15, 0.2) is 28.9 Å². The highest BCUT2D eigenvalue weighted by atomic mass is 35.5. The van der Waals surface area contributed by atoms with E-state index in [9.17, 15) is 4.79 Å². The number of aromatic nitrogens is 1. The van der Waals surface area contributed by atoms with E-state index in [0.717, 1.165) is 17.7 Å². The van der Waals surface area contributed by atoms with Crippen LogP contribution in [0, 0.1) is 0 Å². The molecule has 2 heterocycles. The van der Waals surface area contributed by atoms with Gasteiger partial charge in [0.15, 0.2) is 6.29 Å². The quantitative estimate of drug-likeness (QED) is 0.790. The summed E-state index contributed by atoms with van der Waals surface area (Å²) in [6.45, 7) is 0. The first-order valence-corrected chi connectivity index (χ1v) is 4.52. The average molecular weight is 210 g/mol. The number of aldehydes is 1. The minimum absolute atomic E-state index is 0.376. The number of H-pyrrole nitrogens is 1. The molecular weight excluding hydrogens is 202 g/mol. The standard InChI is InChI=1S/C10H8ClNO2/c11-10-7(6-13)4-8(12-10)5-9-2-1-3-14-9/h1-4,6,12H,5H2. The topological polar surface area (TPSA) is 46.0 Å². The van der Waals surface area contributed by atoms with Crippen molar-refractivity contribution in [2.75, 3.05) is 0 Å². The molecule has 3 nitrogen and oxygen atoms in total. The molecular formula is C10H8ClNO2. The first-order valence-electron chi connectivity index (χ1n) is 4.14. The molecule has 2 aromatic heterocycles. The Hall–Kier alpha value is -1.48. The Labute approximate surface area is 85.7 Å². The van der Waals surface area contributed by atoms with E-state index in [1.165, 1.54) is 0 Å². The van der Waals surface area contributed by atoms with E-state index in [-0.39, 0.29) is 0 Å². The molecule has 14 heavy (non-hydrogen) atoms. The highest BCUT2D eigenvalue weighted by Crippen LogP contribution is 2.17. The smallest absolute Gasteiger partial charge is 0.153 e. The Balaban J connectivity index is 2.21. The largest absolute Gasteiger partial charge is 0.469 e. The van der Waals surface area contributed by atoms with Gasteiger partial charge >= 0.3 is 0 Å². The van der Waals surface area contributed by atoms with Gasteiger partial charge in [-0.15, -0.1) is 0 Å². The lowest BCUT2D eigenvalue weighted by Crippen LogP contribution is -1.84. The molecule has 0 saturated heterocycles. The average Bonchev–Trinajstić information content (AvgIpc) is 2.76. The molecule has 0 spiro atoms. The first-order chi connectivity index (χ1) is 6.79. The van der Waals surface area contributed by atoms with E-state index in [4.69, 9.17) is 16.0 Å². The fraction of sp³-hybridized carbons (Fsp3) is 0.100. The summed E-state index contributed by atoms with van der Waals surface area (Å²) in [7, 11) is 0. The van der Waals surface area contributed by atoms with Gasteiger partial charge in [0.1, 0.15) is 10.9 Å². The number of hydrogen-bond acceptors (Lipinski definition) is 2. The SMILES string of the molecule is O=Cc1cc(Cc2ccco2)[nH]c1Cl. The molecule has 0 saturated carbocycles. The van der Waals surface area contributed by atoms with Crippen molar-refractivity contribution in [2.45, 2.75) is 6.42 Å². The van der Waals surface area contributed by atoms with Crippen molar-refractivity contribution in [3.05, 3.63) is 46.6 Å². The van der Waals surface area contributed by atoms with Crippen LogP contribution in [0.2, 0.25) is 5.15 Å². The van der Waals surface area contributed by atoms with Crippen molar-refractivity contribution < 1.29 is 9.21 Å². The normalized spacial score (nSPS) is 10.4. The van der Waals surface area contributed by atoms with Gasteiger partial charge in [0.25, 0.3) is 0 Å². The molecule has 72 valence electrons. The van der Waals surface area contributed by atoms with Crippen molar-refractivity contribution in [3.8, 4) is 0 Å². The van der Waals surface area contributed by atoms with Crippen LogP contribution in [0.5, 0.6) is 0 Å². The molecule has 2 aromatic rings. The Morgan fingerprint density at radius 2 is 2.43 bits per heavy atom. The third kappa shape index (κ3) is 1.72. The number of carbonyl (C=O) groups excluding carboxylic acids is 1. The summed E-state index contributed by atoms with van der Waals surface area (Å²) in [5.41, 5.74) is 1.35. The number of carbonyl (C=O) groups is 1. The second-order valence-electron chi connectivity index (χ2n) is 2.94. The van der Waals surface area contributed by atoms with Gasteiger partial charge < -0.3 is 9.40 Å². The van der Waals surface area contributed by atoms with E-state index in [1.807, 2.05) is 12.1 Å². The lowest BCUT2D eigenvalue weighted by Gasteiger charge is -1.91. The Morgan fingerprint density at radius 1 is 1.57 bits per heavy atom. The van der Waals surface area contributed by atoms with Gasteiger partial charge in [-0.3, -0.25) is 4.79 Å². The summed E-state index contributed by atoms with van der Waals surface area (Å²) < 4.78 is 5.17. The number of halogens is 1. The third-order valence-corrected chi connectivity index (χ3v) is 2.24. The predicted molar refractivity (Wildman–Crippen MR) is 52.7 cm³/mol. The number of hydrogen-bond donors (Lipinski definition) is 1. The van der Waals surface area contributed by atoms with Gasteiger partial charge in [0.2, 0.25) is 0 Å². The Kier molecular flexibility index (Phi) is 2.41. The van der Waals surface area contributed by atoms with E-state index >= 15 is 0 Å². The van der Waals surface area contributed by atoms with Gasteiger partial charge in [0, 0.05) is 12.1 Å². The minimum atomic E-state index is 0.376. The zero-order valence-corrected chi connectivity index (χ0v) is 8.04. The monoisotopic (exact) mass is 209 g/mol. The van der Waals surface area contributed by atoms with Crippen molar-refractivity contribution >= 4 is 17.9 Å². The summed E-state index contributed by atoms with van der Waals surface area (Å²) in [4.78, 5) is 13.4. The van der Waals surface area contributed by atoms with Crippen molar-refractivity contribution in [2.24, 2.45) is 0 Å². The maximum absolute atomic E-state index is 10.5. The lowest BCUT2D eigenvalue weighted by molar-refractivity contribution is 0.112. The van der Waals surface area contributed by atoms with Crippen LogP contribution in [0.4, 0.5) is 0 Å². The molecule has 2 rings (SSSR count). The van der Waals surface area contributed by atoms with Crippen LogP contribution in [-0.4, -0.2) is 11.3 Å². The minimum Gasteiger partial charge on any atom is -0.469 e. The maximum atomic E-state index is 10.5. The third-order valence-electron chi connectivity index (χ3n) is 1.93. The van der Waals surface area contributed by atoms with Crippen LogP contribution in [-0.2, 0) is 6.42 Å². The van der Waals surface area contributed by atoms with Gasteiger partial charge in [-0.1, -0.05) is 11.6 Å². The van der Waals surface area contributed by atoms with Crippen LogP contribution in [0.1, 0.15) is 21.8 Å². The summed E-state index contributed by atoms with van der Waals surface area (Å²) in [6.07, 6.45) is 2.95. The Morgan fingerprint density at radius 3 is 3.00 bits per heavy atom. The summed E-state index contributed by atoms with van der Waals surface area (Å²) in [5.74, 6) is 0.834. The molecule has 0 aliphatic rings. The zero-order valence-electron chi connectivity index (χ0n) is 7.29. The second kappa shape index (κ2) is 3.72. The fourth-order valence-electron chi connectivity index (χ4n) is 1.28. The highest BCUT2D eigenvalue weighted by molar-refractivity contribution is 6.31. The molecule has 0 radical (unpaired) electrons. The van der Waals surface area contributed by atoms with Crippen molar-refractivity contribution in [1.82, 2.24) is 4.98 Å². The molecule has 0 unspecified atom stereocenters. The maximum Gasteiger partial charge on any atom is 0.153 e. The summed E-state index contributed by atoms with van der Waals surface area (Å²) in [6, 6.07) is 5.41. The van der Waals surface area contributed by atoms with Crippen LogP contribution < -0.4 is 0 Å². The van der Waals surface area contributed by atoms with Gasteiger partial charge in [-0.05, 0) is 18.2 Å². The lowest BCUT2D eigenvalue weighted by atomic mass is 10.2. The highest BCUT2D eigenvalue weighted by Gasteiger charge is 2.06.